The highest BCUT2D eigenvalue weighted by Crippen LogP contribution is 2.28. The molecular formula is C25H28FN5O2S. The van der Waals surface area contributed by atoms with Gasteiger partial charge in [0.2, 0.25) is 11.8 Å². The van der Waals surface area contributed by atoms with Crippen LogP contribution in [0.4, 0.5) is 10.1 Å². The van der Waals surface area contributed by atoms with Crippen molar-refractivity contribution in [3.8, 4) is 11.4 Å². The van der Waals surface area contributed by atoms with E-state index >= 15 is 0 Å². The standard InChI is InChI=1S/C25H28FN5O2S/c1-5-15-31-23(19-12-8-9-13-20(19)26)28-29-25(31)34-17(3)24(33)30(4)16-22(32)27-21-14-10-7-11-18(21)6-2/h5,7-14,17H,1,6,15-16H2,2-4H3,(H,27,32). The summed E-state index contributed by atoms with van der Waals surface area (Å²) in [6, 6.07) is 13.9. The summed E-state index contributed by atoms with van der Waals surface area (Å²) in [5, 5.41) is 11.1. The number of halogens is 1. The molecule has 7 nitrogen and oxygen atoms in total. The second kappa shape index (κ2) is 11.6. The molecule has 3 rings (SSSR count). The van der Waals surface area contributed by atoms with E-state index in [1.807, 2.05) is 31.2 Å². The van der Waals surface area contributed by atoms with Crippen LogP contribution in [0.5, 0.6) is 0 Å². The number of aryl methyl sites for hydroxylation is 1. The van der Waals surface area contributed by atoms with Gasteiger partial charge in [0, 0.05) is 19.3 Å². The van der Waals surface area contributed by atoms with Gasteiger partial charge in [0.15, 0.2) is 11.0 Å². The Morgan fingerprint density at radius 2 is 1.91 bits per heavy atom. The fraction of sp³-hybridized carbons (Fsp3) is 0.280. The van der Waals surface area contributed by atoms with E-state index in [4.69, 9.17) is 0 Å². The Morgan fingerprint density at radius 1 is 1.21 bits per heavy atom. The lowest BCUT2D eigenvalue weighted by molar-refractivity contribution is -0.132. The zero-order valence-corrected chi connectivity index (χ0v) is 20.3. The number of thioether (sulfide) groups is 1. The average Bonchev–Trinajstić information content (AvgIpc) is 3.21. The number of amides is 2. The quantitative estimate of drug-likeness (QED) is 0.343. The molecule has 34 heavy (non-hydrogen) atoms. The molecule has 0 bridgehead atoms. The zero-order valence-electron chi connectivity index (χ0n) is 19.5. The molecule has 178 valence electrons. The van der Waals surface area contributed by atoms with Crippen molar-refractivity contribution in [2.75, 3.05) is 18.9 Å². The van der Waals surface area contributed by atoms with E-state index in [2.05, 4.69) is 22.1 Å². The van der Waals surface area contributed by atoms with Gasteiger partial charge in [-0.2, -0.15) is 0 Å². The molecule has 2 aromatic carbocycles. The highest BCUT2D eigenvalue weighted by atomic mass is 32.2. The third-order valence-corrected chi connectivity index (χ3v) is 6.27. The topological polar surface area (TPSA) is 80.1 Å². The van der Waals surface area contributed by atoms with E-state index in [1.54, 1.807) is 42.8 Å². The van der Waals surface area contributed by atoms with Crippen molar-refractivity contribution in [3.63, 3.8) is 0 Å². The summed E-state index contributed by atoms with van der Waals surface area (Å²) < 4.78 is 16.0. The van der Waals surface area contributed by atoms with Crippen LogP contribution in [0.25, 0.3) is 11.4 Å². The predicted octanol–water partition coefficient (Wildman–Crippen LogP) is 4.41. The van der Waals surface area contributed by atoms with Crippen LogP contribution in [0.1, 0.15) is 19.4 Å². The second-order valence-electron chi connectivity index (χ2n) is 7.70. The van der Waals surface area contributed by atoms with Crippen LogP contribution in [0.3, 0.4) is 0 Å². The van der Waals surface area contributed by atoms with Crippen LogP contribution in [0.2, 0.25) is 0 Å². The molecule has 1 aromatic heterocycles. The van der Waals surface area contributed by atoms with Crippen LogP contribution >= 0.6 is 11.8 Å². The minimum absolute atomic E-state index is 0.0817. The summed E-state index contributed by atoms with van der Waals surface area (Å²) in [5.41, 5.74) is 2.10. The minimum atomic E-state index is -0.540. The van der Waals surface area contributed by atoms with Gasteiger partial charge in [-0.25, -0.2) is 4.39 Å². The Labute approximate surface area is 203 Å². The van der Waals surface area contributed by atoms with Gasteiger partial charge in [-0.15, -0.1) is 16.8 Å². The van der Waals surface area contributed by atoms with E-state index in [9.17, 15) is 14.0 Å². The van der Waals surface area contributed by atoms with Crippen molar-refractivity contribution < 1.29 is 14.0 Å². The molecule has 0 aliphatic carbocycles. The lowest BCUT2D eigenvalue weighted by Crippen LogP contribution is -2.39. The number of allylic oxidation sites excluding steroid dienone is 1. The van der Waals surface area contributed by atoms with Crippen LogP contribution in [0, 0.1) is 5.82 Å². The number of nitrogens with zero attached hydrogens (tertiary/aromatic N) is 4. The third kappa shape index (κ3) is 5.91. The van der Waals surface area contributed by atoms with Crippen LogP contribution in [-0.2, 0) is 22.6 Å². The number of rotatable bonds is 10. The van der Waals surface area contributed by atoms with Crippen molar-refractivity contribution in [2.24, 2.45) is 0 Å². The van der Waals surface area contributed by atoms with Gasteiger partial charge in [-0.05, 0) is 37.1 Å². The number of nitrogens with one attached hydrogen (secondary N) is 1. The van der Waals surface area contributed by atoms with E-state index in [-0.39, 0.29) is 18.4 Å². The molecule has 1 N–H and O–H groups in total. The molecule has 1 atom stereocenters. The zero-order chi connectivity index (χ0) is 24.7. The molecule has 0 radical (unpaired) electrons. The lowest BCUT2D eigenvalue weighted by atomic mass is 10.1. The maximum absolute atomic E-state index is 14.3. The Bertz CT molecular complexity index is 1180. The molecular weight excluding hydrogens is 453 g/mol. The molecule has 0 saturated heterocycles. The van der Waals surface area contributed by atoms with Gasteiger partial charge < -0.3 is 10.2 Å². The number of carbonyl (C=O) groups is 2. The summed E-state index contributed by atoms with van der Waals surface area (Å²) in [4.78, 5) is 26.9. The van der Waals surface area contributed by atoms with Crippen LogP contribution in [-0.4, -0.2) is 50.3 Å². The molecule has 3 aromatic rings. The molecule has 2 amide bonds. The fourth-order valence-corrected chi connectivity index (χ4v) is 4.44. The highest BCUT2D eigenvalue weighted by molar-refractivity contribution is 8.00. The van der Waals surface area contributed by atoms with Crippen LogP contribution in [0.15, 0.2) is 66.3 Å². The number of likely N-dealkylation sites (N-methyl/N-ethyl adjacent to an activating group) is 1. The maximum atomic E-state index is 14.3. The minimum Gasteiger partial charge on any atom is -0.335 e. The average molecular weight is 482 g/mol. The number of aromatic nitrogens is 3. The Morgan fingerprint density at radius 3 is 2.62 bits per heavy atom. The largest absolute Gasteiger partial charge is 0.335 e. The van der Waals surface area contributed by atoms with Crippen LogP contribution < -0.4 is 5.32 Å². The first-order chi connectivity index (χ1) is 16.3. The number of benzene rings is 2. The third-order valence-electron chi connectivity index (χ3n) is 5.20. The Kier molecular flexibility index (Phi) is 8.59. The normalized spacial score (nSPS) is 11.6. The summed E-state index contributed by atoms with van der Waals surface area (Å²) in [6.45, 7) is 7.79. The number of para-hydroxylation sites is 1. The van der Waals surface area contributed by atoms with Gasteiger partial charge >= 0.3 is 0 Å². The summed E-state index contributed by atoms with van der Waals surface area (Å²) in [5.74, 6) is -0.547. The van der Waals surface area contributed by atoms with Crippen molar-refractivity contribution in [3.05, 3.63) is 72.6 Å². The van der Waals surface area contributed by atoms with Crippen molar-refractivity contribution in [1.82, 2.24) is 19.7 Å². The molecule has 0 aliphatic heterocycles. The molecule has 0 spiro atoms. The molecule has 0 fully saturated rings. The smallest absolute Gasteiger partial charge is 0.243 e. The molecule has 0 aliphatic rings. The number of carbonyl (C=O) groups excluding carboxylic acids is 2. The first-order valence-electron chi connectivity index (χ1n) is 10.9. The first kappa shape index (κ1) is 25.2. The number of anilines is 1. The first-order valence-corrected chi connectivity index (χ1v) is 11.8. The Hall–Kier alpha value is -3.46. The van der Waals surface area contributed by atoms with Crippen molar-refractivity contribution in [1.29, 1.82) is 0 Å². The molecule has 9 heteroatoms. The lowest BCUT2D eigenvalue weighted by Gasteiger charge is -2.21. The van der Waals surface area contributed by atoms with E-state index in [1.165, 1.54) is 22.7 Å². The van der Waals surface area contributed by atoms with E-state index in [0.29, 0.717) is 23.1 Å². The fourth-order valence-electron chi connectivity index (χ4n) is 3.46. The molecule has 1 heterocycles. The predicted molar refractivity (Wildman–Crippen MR) is 133 cm³/mol. The second-order valence-corrected chi connectivity index (χ2v) is 9.01. The van der Waals surface area contributed by atoms with Crippen molar-refractivity contribution >= 4 is 29.3 Å². The maximum Gasteiger partial charge on any atom is 0.243 e. The van der Waals surface area contributed by atoms with E-state index < -0.39 is 11.1 Å². The summed E-state index contributed by atoms with van der Waals surface area (Å²) >= 11 is 1.20. The summed E-state index contributed by atoms with van der Waals surface area (Å²) in [6.07, 6.45) is 2.45. The number of hydrogen-bond donors (Lipinski definition) is 1. The Balaban J connectivity index is 1.68. The number of hydrogen-bond acceptors (Lipinski definition) is 5. The van der Waals surface area contributed by atoms with Gasteiger partial charge in [-0.1, -0.05) is 55.1 Å². The van der Waals surface area contributed by atoms with Gasteiger partial charge in [0.1, 0.15) is 5.82 Å². The molecule has 1 unspecified atom stereocenters. The molecule has 0 saturated carbocycles. The SMILES string of the molecule is C=CCn1c(SC(C)C(=O)N(C)CC(=O)Nc2ccccc2CC)nnc1-c1ccccc1F. The highest BCUT2D eigenvalue weighted by Gasteiger charge is 2.24. The monoisotopic (exact) mass is 481 g/mol. The van der Waals surface area contributed by atoms with Gasteiger partial charge in [-0.3, -0.25) is 14.2 Å². The van der Waals surface area contributed by atoms with Gasteiger partial charge in [0.05, 0.1) is 17.4 Å². The van der Waals surface area contributed by atoms with Crippen molar-refractivity contribution in [2.45, 2.75) is 37.2 Å². The summed E-state index contributed by atoms with van der Waals surface area (Å²) in [7, 11) is 1.59. The van der Waals surface area contributed by atoms with Gasteiger partial charge in [0.25, 0.3) is 0 Å². The van der Waals surface area contributed by atoms with E-state index in [0.717, 1.165) is 17.7 Å².